The molecule has 2 amide bonds. The molecule has 0 unspecified atom stereocenters. The van der Waals surface area contributed by atoms with Gasteiger partial charge >= 0.3 is 0 Å². The molecule has 2 saturated heterocycles. The summed E-state index contributed by atoms with van der Waals surface area (Å²) in [5.41, 5.74) is 0.867. The normalized spacial score (nSPS) is 18.6. The van der Waals surface area contributed by atoms with Gasteiger partial charge in [0.2, 0.25) is 5.91 Å². The second-order valence-corrected chi connectivity index (χ2v) is 7.39. The minimum atomic E-state index is 0.0986. The summed E-state index contributed by atoms with van der Waals surface area (Å²) in [4.78, 5) is 29.7. The Morgan fingerprint density at radius 3 is 2.83 bits per heavy atom. The first-order chi connectivity index (χ1) is 11.1. The van der Waals surface area contributed by atoms with Crippen molar-refractivity contribution in [1.82, 2.24) is 14.7 Å². The number of likely N-dealkylation sites (tertiary alicyclic amines) is 1. The van der Waals surface area contributed by atoms with Crippen LogP contribution in [0.5, 0.6) is 0 Å². The van der Waals surface area contributed by atoms with Crippen LogP contribution in [0.2, 0.25) is 0 Å². The molecule has 0 spiro atoms. The Hall–Kier alpha value is -2.15. The monoisotopic (exact) mass is 330 g/mol. The minimum absolute atomic E-state index is 0.0986. The van der Waals surface area contributed by atoms with E-state index in [9.17, 15) is 9.59 Å². The average Bonchev–Trinajstić information content (AvgIpc) is 3.18. The van der Waals surface area contributed by atoms with E-state index in [0.717, 1.165) is 28.4 Å². The topological polar surface area (TPSA) is 58.4 Å². The van der Waals surface area contributed by atoms with Crippen LogP contribution in [-0.2, 0) is 4.79 Å². The lowest BCUT2D eigenvalue weighted by Crippen LogP contribution is -2.50. The summed E-state index contributed by atoms with van der Waals surface area (Å²) in [6.45, 7) is 4.12. The molecule has 0 saturated carbocycles. The van der Waals surface area contributed by atoms with Crippen molar-refractivity contribution in [3.63, 3.8) is 0 Å². The van der Waals surface area contributed by atoms with Crippen molar-refractivity contribution in [3.05, 3.63) is 34.3 Å². The van der Waals surface area contributed by atoms with Gasteiger partial charge in [0, 0.05) is 37.1 Å². The molecular formula is C16H18N4O2S. The third-order valence-electron chi connectivity index (χ3n) is 4.45. The highest BCUT2D eigenvalue weighted by Gasteiger charge is 2.34. The molecule has 7 heteroatoms. The van der Waals surface area contributed by atoms with E-state index < -0.39 is 0 Å². The number of aryl methyl sites for hydroxylation is 1. The smallest absolute Gasteiger partial charge is 0.264 e. The molecule has 4 heterocycles. The molecule has 0 atom stereocenters. The summed E-state index contributed by atoms with van der Waals surface area (Å²) < 4.78 is 1.88. The Morgan fingerprint density at radius 2 is 2.17 bits per heavy atom. The molecule has 2 fully saturated rings. The van der Waals surface area contributed by atoms with Crippen LogP contribution in [0.3, 0.4) is 0 Å². The van der Waals surface area contributed by atoms with Gasteiger partial charge in [-0.1, -0.05) is 0 Å². The van der Waals surface area contributed by atoms with Crippen molar-refractivity contribution >= 4 is 28.8 Å². The zero-order valence-corrected chi connectivity index (χ0v) is 13.8. The molecule has 0 aliphatic carbocycles. The molecule has 2 aromatic heterocycles. The van der Waals surface area contributed by atoms with E-state index in [1.165, 1.54) is 11.3 Å². The van der Waals surface area contributed by atoms with Gasteiger partial charge in [0.25, 0.3) is 5.91 Å². The number of carbonyl (C=O) groups is 2. The lowest BCUT2D eigenvalue weighted by atomic mass is 10.1. The second kappa shape index (κ2) is 5.49. The van der Waals surface area contributed by atoms with E-state index in [-0.39, 0.29) is 17.9 Å². The van der Waals surface area contributed by atoms with Gasteiger partial charge in [-0.05, 0) is 25.5 Å². The van der Waals surface area contributed by atoms with Crippen molar-refractivity contribution in [3.8, 4) is 0 Å². The third kappa shape index (κ3) is 2.55. The highest BCUT2D eigenvalue weighted by Crippen LogP contribution is 2.28. The zero-order valence-electron chi connectivity index (χ0n) is 12.9. The number of hydrogen-bond acceptors (Lipinski definition) is 4. The molecule has 6 nitrogen and oxygen atoms in total. The molecule has 0 aromatic carbocycles. The lowest BCUT2D eigenvalue weighted by molar-refractivity contribution is -0.117. The van der Waals surface area contributed by atoms with Gasteiger partial charge in [-0.2, -0.15) is 5.10 Å². The van der Waals surface area contributed by atoms with Gasteiger partial charge in [0.15, 0.2) is 0 Å². The van der Waals surface area contributed by atoms with Crippen molar-refractivity contribution in [2.24, 2.45) is 0 Å². The van der Waals surface area contributed by atoms with E-state index in [1.54, 1.807) is 11.1 Å². The van der Waals surface area contributed by atoms with E-state index in [2.05, 4.69) is 5.10 Å². The highest BCUT2D eigenvalue weighted by molar-refractivity contribution is 7.13. The number of hydrogen-bond donors (Lipinski definition) is 0. The van der Waals surface area contributed by atoms with Crippen LogP contribution in [0.25, 0.3) is 0 Å². The molecule has 120 valence electrons. The number of nitrogens with zero attached hydrogens (tertiary/aromatic N) is 4. The maximum absolute atomic E-state index is 12.3. The van der Waals surface area contributed by atoms with E-state index in [0.29, 0.717) is 19.5 Å². The van der Waals surface area contributed by atoms with Crippen LogP contribution >= 0.6 is 11.3 Å². The number of carbonyl (C=O) groups excluding carboxylic acids is 2. The first kappa shape index (κ1) is 14.4. The number of amides is 2. The average molecular weight is 330 g/mol. The Morgan fingerprint density at radius 1 is 1.35 bits per heavy atom. The number of aromatic nitrogens is 2. The van der Waals surface area contributed by atoms with Gasteiger partial charge in [-0.3, -0.25) is 14.3 Å². The summed E-state index contributed by atoms with van der Waals surface area (Å²) in [5.74, 6) is 0.268. The molecule has 0 N–H and O–H groups in total. The third-order valence-corrected chi connectivity index (χ3v) is 5.44. The Bertz CT molecular complexity index is 760. The van der Waals surface area contributed by atoms with Gasteiger partial charge in [0.1, 0.15) is 0 Å². The maximum Gasteiger partial charge on any atom is 0.264 e. The van der Waals surface area contributed by atoms with Gasteiger partial charge in [-0.15, -0.1) is 11.3 Å². The molecule has 0 radical (unpaired) electrons. The quantitative estimate of drug-likeness (QED) is 0.866. The Balaban J connectivity index is 1.39. The van der Waals surface area contributed by atoms with Gasteiger partial charge in [-0.25, -0.2) is 0 Å². The van der Waals surface area contributed by atoms with Crippen LogP contribution in [0, 0.1) is 6.92 Å². The molecule has 0 bridgehead atoms. The lowest BCUT2D eigenvalue weighted by Gasteiger charge is -2.38. The van der Waals surface area contributed by atoms with Gasteiger partial charge in [0.05, 0.1) is 22.8 Å². The molecular weight excluding hydrogens is 312 g/mol. The number of anilines is 1. The predicted molar refractivity (Wildman–Crippen MR) is 87.8 cm³/mol. The van der Waals surface area contributed by atoms with Crippen molar-refractivity contribution in [2.75, 3.05) is 24.5 Å². The summed E-state index contributed by atoms with van der Waals surface area (Å²) in [6.07, 6.45) is 5.20. The first-order valence-electron chi connectivity index (χ1n) is 7.82. The number of rotatable bonds is 3. The summed E-state index contributed by atoms with van der Waals surface area (Å²) in [7, 11) is 0. The second-order valence-electron chi connectivity index (χ2n) is 6.10. The molecule has 2 aliphatic heterocycles. The predicted octanol–water partition coefficient (Wildman–Crippen LogP) is 2.08. The van der Waals surface area contributed by atoms with Crippen molar-refractivity contribution < 1.29 is 9.59 Å². The fraction of sp³-hybridized carbons (Fsp3) is 0.438. The molecule has 2 aromatic rings. The summed E-state index contributed by atoms with van der Waals surface area (Å²) in [6, 6.07) is 4.06. The largest absolute Gasteiger partial charge is 0.334 e. The van der Waals surface area contributed by atoms with Gasteiger partial charge < -0.3 is 9.80 Å². The number of thiophene rings is 1. The van der Waals surface area contributed by atoms with E-state index in [1.807, 2.05) is 34.8 Å². The maximum atomic E-state index is 12.3. The minimum Gasteiger partial charge on any atom is -0.334 e. The van der Waals surface area contributed by atoms with Crippen molar-refractivity contribution in [1.29, 1.82) is 0 Å². The molecule has 2 aliphatic rings. The van der Waals surface area contributed by atoms with Crippen LogP contribution in [0.15, 0.2) is 24.5 Å². The fourth-order valence-electron chi connectivity index (χ4n) is 3.08. The fourth-order valence-corrected chi connectivity index (χ4v) is 3.92. The standard InChI is InChI=1S/C16H18N4O2S/c1-11-4-5-14(23-11)16(22)18-8-13(9-18)20-10-12(7-17-20)19-6-2-3-15(19)21/h4-5,7,10,13H,2-3,6,8-9H2,1H3. The van der Waals surface area contributed by atoms with Crippen molar-refractivity contribution in [2.45, 2.75) is 25.8 Å². The van der Waals surface area contributed by atoms with Crippen LogP contribution in [0.4, 0.5) is 5.69 Å². The summed E-state index contributed by atoms with van der Waals surface area (Å²) >= 11 is 1.53. The van der Waals surface area contributed by atoms with Crippen LogP contribution < -0.4 is 4.90 Å². The Kier molecular flexibility index (Phi) is 3.45. The Labute approximate surface area is 138 Å². The van der Waals surface area contributed by atoms with Crippen LogP contribution in [-0.4, -0.2) is 46.1 Å². The SMILES string of the molecule is Cc1ccc(C(=O)N2CC(n3cc(N4CCCC4=O)cn3)C2)s1. The van der Waals surface area contributed by atoms with E-state index >= 15 is 0 Å². The first-order valence-corrected chi connectivity index (χ1v) is 8.64. The molecule has 23 heavy (non-hydrogen) atoms. The highest BCUT2D eigenvalue weighted by atomic mass is 32.1. The zero-order chi connectivity index (χ0) is 16.0. The molecule has 4 rings (SSSR count). The summed E-state index contributed by atoms with van der Waals surface area (Å²) in [5, 5.41) is 4.38. The van der Waals surface area contributed by atoms with Crippen LogP contribution in [0.1, 0.15) is 33.4 Å². The van der Waals surface area contributed by atoms with E-state index in [4.69, 9.17) is 0 Å².